The molecule has 5 rings (SSSR count). The Hall–Kier alpha value is -4.47. The second kappa shape index (κ2) is 13.0. The third-order valence-corrected chi connectivity index (χ3v) is 7.54. The SMILES string of the molecule is Cc1ccc(-c2cc(C3(O)CCC(OC(=O)CNC(=O)OCc4ccccc4)CC3)nn2-c2ccc(CO)cc2)cc1. The molecule has 3 aromatic carbocycles. The number of esters is 1. The molecule has 0 aliphatic heterocycles. The highest BCUT2D eigenvalue weighted by Crippen LogP contribution is 2.39. The van der Waals surface area contributed by atoms with E-state index in [4.69, 9.17) is 14.6 Å². The molecule has 1 heterocycles. The highest BCUT2D eigenvalue weighted by Gasteiger charge is 2.39. The molecule has 1 aromatic heterocycles. The number of nitrogens with one attached hydrogen (secondary N) is 1. The van der Waals surface area contributed by atoms with Crippen LogP contribution in [0.25, 0.3) is 16.9 Å². The first kappa shape index (κ1) is 29.0. The zero-order chi connectivity index (χ0) is 29.5. The smallest absolute Gasteiger partial charge is 0.407 e. The summed E-state index contributed by atoms with van der Waals surface area (Å²) >= 11 is 0. The quantitative estimate of drug-likeness (QED) is 0.244. The molecular formula is C33H35N3O6. The Kier molecular flexibility index (Phi) is 9.00. The molecule has 3 N–H and O–H groups in total. The fourth-order valence-electron chi connectivity index (χ4n) is 5.07. The van der Waals surface area contributed by atoms with Crippen LogP contribution in [0.5, 0.6) is 0 Å². The van der Waals surface area contributed by atoms with Gasteiger partial charge in [-0.2, -0.15) is 5.10 Å². The largest absolute Gasteiger partial charge is 0.461 e. The van der Waals surface area contributed by atoms with Gasteiger partial charge in [0.25, 0.3) is 0 Å². The van der Waals surface area contributed by atoms with Gasteiger partial charge >= 0.3 is 12.1 Å². The lowest BCUT2D eigenvalue weighted by atomic mass is 9.81. The molecule has 0 atom stereocenters. The Morgan fingerprint density at radius 1 is 0.976 bits per heavy atom. The van der Waals surface area contributed by atoms with Crippen molar-refractivity contribution in [2.45, 2.75) is 57.5 Å². The van der Waals surface area contributed by atoms with Gasteiger partial charge in [0.1, 0.15) is 24.9 Å². The van der Waals surface area contributed by atoms with Crippen molar-refractivity contribution in [3.8, 4) is 16.9 Å². The number of benzene rings is 3. The van der Waals surface area contributed by atoms with Crippen molar-refractivity contribution in [3.05, 3.63) is 107 Å². The van der Waals surface area contributed by atoms with Crippen molar-refractivity contribution in [3.63, 3.8) is 0 Å². The molecule has 9 heteroatoms. The third kappa shape index (κ3) is 7.05. The van der Waals surface area contributed by atoms with Crippen LogP contribution in [-0.4, -0.2) is 44.7 Å². The zero-order valence-electron chi connectivity index (χ0n) is 23.5. The first-order valence-electron chi connectivity index (χ1n) is 14.1. The fraction of sp³-hybridized carbons (Fsp3) is 0.303. The number of carbonyl (C=O) groups excluding carboxylic acids is 2. The summed E-state index contributed by atoms with van der Waals surface area (Å²) in [5, 5.41) is 28.4. The van der Waals surface area contributed by atoms with E-state index in [1.165, 1.54) is 0 Å². The van der Waals surface area contributed by atoms with Crippen molar-refractivity contribution in [1.29, 1.82) is 0 Å². The molecule has 4 aromatic rings. The van der Waals surface area contributed by atoms with Gasteiger partial charge in [-0.15, -0.1) is 0 Å². The lowest BCUT2D eigenvalue weighted by Crippen LogP contribution is -2.38. The Morgan fingerprint density at radius 3 is 2.33 bits per heavy atom. The topological polar surface area (TPSA) is 123 Å². The first-order chi connectivity index (χ1) is 20.3. The number of aromatic nitrogens is 2. The van der Waals surface area contributed by atoms with Crippen LogP contribution in [0.2, 0.25) is 0 Å². The van der Waals surface area contributed by atoms with Gasteiger partial charge < -0.3 is 25.0 Å². The van der Waals surface area contributed by atoms with E-state index in [1.807, 2.05) is 96.5 Å². The molecule has 1 aliphatic carbocycles. The highest BCUT2D eigenvalue weighted by molar-refractivity contribution is 5.78. The average Bonchev–Trinajstić information content (AvgIpc) is 3.48. The molecule has 0 unspecified atom stereocenters. The van der Waals surface area contributed by atoms with Crippen LogP contribution in [0.3, 0.4) is 0 Å². The molecular weight excluding hydrogens is 534 g/mol. The highest BCUT2D eigenvalue weighted by atomic mass is 16.6. The maximum atomic E-state index is 12.4. The summed E-state index contributed by atoms with van der Waals surface area (Å²) in [4.78, 5) is 24.3. The number of aliphatic hydroxyl groups excluding tert-OH is 1. The number of carbonyl (C=O) groups is 2. The van der Waals surface area contributed by atoms with E-state index in [0.717, 1.165) is 33.6 Å². The second-order valence-corrected chi connectivity index (χ2v) is 10.7. The Bertz CT molecular complexity index is 1490. The van der Waals surface area contributed by atoms with Crippen molar-refractivity contribution in [1.82, 2.24) is 15.1 Å². The molecule has 1 fully saturated rings. The van der Waals surface area contributed by atoms with Gasteiger partial charge in [-0.3, -0.25) is 4.79 Å². The summed E-state index contributed by atoms with van der Waals surface area (Å²) in [6, 6.07) is 26.8. The van der Waals surface area contributed by atoms with Crippen molar-refractivity contribution < 1.29 is 29.3 Å². The molecule has 1 amide bonds. The average molecular weight is 570 g/mol. The number of hydrogen-bond donors (Lipinski definition) is 3. The number of hydrogen-bond acceptors (Lipinski definition) is 7. The standard InChI is InChI=1S/C33H35N3O6/c1-23-7-11-26(12-8-23)29-19-30(35-36(29)27-13-9-24(21-37)10-14-27)33(40)17-15-28(16-18-33)42-31(38)20-34-32(39)41-22-25-5-3-2-4-6-25/h2-14,19,28,37,40H,15-18,20-22H2,1H3,(H,34,39). The predicted octanol–water partition coefficient (Wildman–Crippen LogP) is 4.94. The molecule has 0 bridgehead atoms. The molecule has 1 aliphatic rings. The fourth-order valence-corrected chi connectivity index (χ4v) is 5.07. The minimum atomic E-state index is -1.18. The van der Waals surface area contributed by atoms with Gasteiger partial charge in [0, 0.05) is 5.56 Å². The normalized spacial score (nSPS) is 18.3. The summed E-state index contributed by atoms with van der Waals surface area (Å²) in [7, 11) is 0. The minimum absolute atomic E-state index is 0.0463. The molecule has 0 spiro atoms. The second-order valence-electron chi connectivity index (χ2n) is 10.7. The number of nitrogens with zero attached hydrogens (tertiary/aromatic N) is 2. The van der Waals surface area contributed by atoms with Gasteiger partial charge in [0.2, 0.25) is 0 Å². The van der Waals surface area contributed by atoms with Crippen LogP contribution in [0, 0.1) is 6.92 Å². The lowest BCUT2D eigenvalue weighted by molar-refractivity contribution is -0.152. The first-order valence-corrected chi connectivity index (χ1v) is 14.1. The van der Waals surface area contributed by atoms with E-state index >= 15 is 0 Å². The summed E-state index contributed by atoms with van der Waals surface area (Å²) < 4.78 is 12.5. The maximum Gasteiger partial charge on any atom is 0.407 e. The molecule has 42 heavy (non-hydrogen) atoms. The molecule has 0 saturated heterocycles. The van der Waals surface area contributed by atoms with Crippen molar-refractivity contribution in [2.75, 3.05) is 6.54 Å². The molecule has 9 nitrogen and oxygen atoms in total. The third-order valence-electron chi connectivity index (χ3n) is 7.54. The molecule has 0 radical (unpaired) electrons. The van der Waals surface area contributed by atoms with E-state index in [0.29, 0.717) is 31.4 Å². The van der Waals surface area contributed by atoms with Crippen LogP contribution in [-0.2, 0) is 33.1 Å². The number of aliphatic hydroxyl groups is 2. The van der Waals surface area contributed by atoms with E-state index in [9.17, 15) is 19.8 Å². The monoisotopic (exact) mass is 569 g/mol. The Labute approximate surface area is 244 Å². The van der Waals surface area contributed by atoms with Gasteiger partial charge in [-0.25, -0.2) is 9.48 Å². The van der Waals surface area contributed by atoms with Crippen LogP contribution in [0.1, 0.15) is 48.1 Å². The van der Waals surface area contributed by atoms with E-state index in [1.54, 1.807) is 0 Å². The number of ether oxygens (including phenoxy) is 2. The Balaban J connectivity index is 1.20. The van der Waals surface area contributed by atoms with Gasteiger partial charge in [0.15, 0.2) is 0 Å². The summed E-state index contributed by atoms with van der Waals surface area (Å²) in [6.07, 6.45) is 0.581. The maximum absolute atomic E-state index is 12.4. The van der Waals surface area contributed by atoms with Crippen molar-refractivity contribution >= 4 is 12.1 Å². The predicted molar refractivity (Wildman–Crippen MR) is 157 cm³/mol. The molecule has 1 saturated carbocycles. The van der Waals surface area contributed by atoms with Gasteiger partial charge in [-0.1, -0.05) is 72.3 Å². The number of amides is 1. The number of rotatable bonds is 9. The van der Waals surface area contributed by atoms with Crippen LogP contribution < -0.4 is 5.32 Å². The Morgan fingerprint density at radius 2 is 1.67 bits per heavy atom. The van der Waals surface area contributed by atoms with Crippen LogP contribution >= 0.6 is 0 Å². The summed E-state index contributed by atoms with van der Waals surface area (Å²) in [5.41, 5.74) is 4.78. The lowest BCUT2D eigenvalue weighted by Gasteiger charge is -2.34. The van der Waals surface area contributed by atoms with E-state index in [-0.39, 0.29) is 25.9 Å². The van der Waals surface area contributed by atoms with Gasteiger partial charge in [0.05, 0.1) is 23.7 Å². The van der Waals surface area contributed by atoms with E-state index < -0.39 is 17.7 Å². The van der Waals surface area contributed by atoms with Crippen LogP contribution in [0.15, 0.2) is 84.9 Å². The van der Waals surface area contributed by atoms with Gasteiger partial charge in [-0.05, 0) is 61.9 Å². The summed E-state index contributed by atoms with van der Waals surface area (Å²) in [6.45, 7) is 1.79. The minimum Gasteiger partial charge on any atom is -0.461 e. The zero-order valence-corrected chi connectivity index (χ0v) is 23.5. The molecule has 218 valence electrons. The number of aryl methyl sites for hydroxylation is 1. The van der Waals surface area contributed by atoms with Crippen LogP contribution in [0.4, 0.5) is 4.79 Å². The van der Waals surface area contributed by atoms with Crippen molar-refractivity contribution in [2.24, 2.45) is 0 Å². The van der Waals surface area contributed by atoms with E-state index in [2.05, 4.69) is 5.32 Å². The number of alkyl carbamates (subject to hydrolysis) is 1. The summed E-state index contributed by atoms with van der Waals surface area (Å²) in [5.74, 6) is -0.556.